The predicted octanol–water partition coefficient (Wildman–Crippen LogP) is 3.67. The van der Waals surface area contributed by atoms with E-state index in [9.17, 15) is 27.2 Å². The summed E-state index contributed by atoms with van der Waals surface area (Å²) in [4.78, 5) is 27.4. The van der Waals surface area contributed by atoms with Crippen LogP contribution in [0.1, 0.15) is 17.5 Å². The van der Waals surface area contributed by atoms with Crippen molar-refractivity contribution in [3.8, 4) is 0 Å². The van der Waals surface area contributed by atoms with Gasteiger partial charge >= 0.3 is 12.1 Å². The number of amides is 1. The smallest absolute Gasteiger partial charge is 0.416 e. The van der Waals surface area contributed by atoms with Crippen molar-refractivity contribution in [2.24, 2.45) is 0 Å². The molecule has 0 spiro atoms. The number of anilines is 1. The Hall–Kier alpha value is -3.10. The van der Waals surface area contributed by atoms with Crippen molar-refractivity contribution in [1.82, 2.24) is 4.90 Å². The van der Waals surface area contributed by atoms with E-state index in [1.165, 1.54) is 23.1 Å². The van der Waals surface area contributed by atoms with Crippen LogP contribution < -0.4 is 4.90 Å². The van der Waals surface area contributed by atoms with E-state index in [2.05, 4.69) is 0 Å². The number of nitrogens with zero attached hydrogens (tertiary/aromatic N) is 2. The Morgan fingerprint density at radius 3 is 2.29 bits per heavy atom. The summed E-state index contributed by atoms with van der Waals surface area (Å²) in [5.74, 6) is -1.23. The Kier molecular flexibility index (Phi) is 7.14. The van der Waals surface area contributed by atoms with Crippen LogP contribution in [0.15, 0.2) is 48.5 Å². The Labute approximate surface area is 177 Å². The van der Waals surface area contributed by atoms with Gasteiger partial charge in [0.15, 0.2) is 6.61 Å². The van der Waals surface area contributed by atoms with Gasteiger partial charge in [0.2, 0.25) is 0 Å². The quantitative estimate of drug-likeness (QED) is 0.510. The number of hydrogen-bond donors (Lipinski definition) is 0. The second-order valence-corrected chi connectivity index (χ2v) is 7.20. The SMILES string of the molecule is O=C(CCc1ccc(F)cc1)OCC(=O)N1CCN(c2cccc(C(F)(F)F)c2)CC1. The molecule has 5 nitrogen and oxygen atoms in total. The zero-order valence-corrected chi connectivity index (χ0v) is 16.7. The topological polar surface area (TPSA) is 49.9 Å². The highest BCUT2D eigenvalue weighted by Gasteiger charge is 2.31. The third kappa shape index (κ3) is 6.44. The van der Waals surface area contributed by atoms with Gasteiger partial charge in [-0.15, -0.1) is 0 Å². The van der Waals surface area contributed by atoms with Gasteiger partial charge in [-0.25, -0.2) is 4.39 Å². The minimum atomic E-state index is -4.41. The second-order valence-electron chi connectivity index (χ2n) is 7.20. The van der Waals surface area contributed by atoms with E-state index < -0.39 is 17.7 Å². The molecule has 0 aromatic heterocycles. The van der Waals surface area contributed by atoms with Crippen LogP contribution in [0.3, 0.4) is 0 Å². The molecular weight excluding hydrogens is 416 g/mol. The van der Waals surface area contributed by atoms with Gasteiger partial charge in [-0.3, -0.25) is 9.59 Å². The minimum absolute atomic E-state index is 0.0717. The molecule has 0 saturated carbocycles. The van der Waals surface area contributed by atoms with Gasteiger partial charge < -0.3 is 14.5 Å². The van der Waals surface area contributed by atoms with Crippen molar-refractivity contribution in [2.75, 3.05) is 37.7 Å². The maximum absolute atomic E-state index is 12.9. The summed E-state index contributed by atoms with van der Waals surface area (Å²) in [6, 6.07) is 10.9. The number of ether oxygens (including phenoxy) is 1. The highest BCUT2D eigenvalue weighted by atomic mass is 19.4. The maximum atomic E-state index is 12.9. The van der Waals surface area contributed by atoms with Crippen molar-refractivity contribution in [1.29, 1.82) is 0 Å². The first-order chi connectivity index (χ1) is 14.7. The largest absolute Gasteiger partial charge is 0.456 e. The molecule has 1 heterocycles. The number of halogens is 4. The zero-order chi connectivity index (χ0) is 22.4. The van der Waals surface area contributed by atoms with Crippen LogP contribution in [0, 0.1) is 5.82 Å². The molecule has 1 aliphatic rings. The number of piperazine rings is 1. The van der Waals surface area contributed by atoms with Crippen molar-refractivity contribution < 1.29 is 31.9 Å². The van der Waals surface area contributed by atoms with E-state index in [4.69, 9.17) is 4.74 Å². The van der Waals surface area contributed by atoms with Crippen LogP contribution in [-0.4, -0.2) is 49.6 Å². The van der Waals surface area contributed by atoms with Crippen molar-refractivity contribution in [3.63, 3.8) is 0 Å². The summed E-state index contributed by atoms with van der Waals surface area (Å²) >= 11 is 0. The van der Waals surface area contributed by atoms with Crippen molar-refractivity contribution in [3.05, 3.63) is 65.5 Å². The molecule has 1 aliphatic heterocycles. The first-order valence-electron chi connectivity index (χ1n) is 9.82. The zero-order valence-electron chi connectivity index (χ0n) is 16.7. The highest BCUT2D eigenvalue weighted by molar-refractivity contribution is 5.81. The molecule has 0 N–H and O–H groups in total. The van der Waals surface area contributed by atoms with Crippen LogP contribution in [0.4, 0.5) is 23.2 Å². The van der Waals surface area contributed by atoms with E-state index in [0.29, 0.717) is 38.3 Å². The number of benzene rings is 2. The molecule has 31 heavy (non-hydrogen) atoms. The fourth-order valence-electron chi connectivity index (χ4n) is 3.30. The van der Waals surface area contributed by atoms with Crippen LogP contribution in [0.5, 0.6) is 0 Å². The summed E-state index contributed by atoms with van der Waals surface area (Å²) in [6.45, 7) is 1.02. The van der Waals surface area contributed by atoms with Gasteiger partial charge in [0, 0.05) is 38.3 Å². The standard InChI is InChI=1S/C22H22F4N2O3/c23-18-7-4-16(5-8-18)6-9-21(30)31-15-20(29)28-12-10-27(11-13-28)19-3-1-2-17(14-19)22(24,25)26/h1-5,7-8,14H,6,9-13,15H2. The number of hydrogen-bond acceptors (Lipinski definition) is 4. The van der Waals surface area contributed by atoms with Gasteiger partial charge in [-0.05, 0) is 42.3 Å². The summed E-state index contributed by atoms with van der Waals surface area (Å²) in [5, 5.41) is 0. The van der Waals surface area contributed by atoms with E-state index in [0.717, 1.165) is 17.7 Å². The average Bonchev–Trinajstić information content (AvgIpc) is 2.76. The number of rotatable bonds is 6. The fraction of sp³-hybridized carbons (Fsp3) is 0.364. The van der Waals surface area contributed by atoms with E-state index in [1.807, 2.05) is 0 Å². The highest BCUT2D eigenvalue weighted by Crippen LogP contribution is 2.31. The first kappa shape index (κ1) is 22.6. The van der Waals surface area contributed by atoms with Crippen LogP contribution in [-0.2, 0) is 26.9 Å². The number of esters is 1. The lowest BCUT2D eigenvalue weighted by molar-refractivity contribution is -0.152. The second kappa shape index (κ2) is 9.80. The minimum Gasteiger partial charge on any atom is -0.456 e. The molecule has 166 valence electrons. The molecule has 2 aromatic carbocycles. The lowest BCUT2D eigenvalue weighted by Gasteiger charge is -2.36. The molecule has 3 rings (SSSR count). The summed E-state index contributed by atoms with van der Waals surface area (Å²) in [6.07, 6.45) is -3.96. The molecule has 0 radical (unpaired) electrons. The van der Waals surface area contributed by atoms with Gasteiger partial charge in [0.05, 0.1) is 5.56 Å². The van der Waals surface area contributed by atoms with Gasteiger partial charge in [-0.1, -0.05) is 18.2 Å². The van der Waals surface area contributed by atoms with Gasteiger partial charge in [0.25, 0.3) is 5.91 Å². The number of alkyl halides is 3. The van der Waals surface area contributed by atoms with Crippen molar-refractivity contribution >= 4 is 17.6 Å². The predicted molar refractivity (Wildman–Crippen MR) is 106 cm³/mol. The van der Waals surface area contributed by atoms with E-state index >= 15 is 0 Å². The first-order valence-corrected chi connectivity index (χ1v) is 9.82. The maximum Gasteiger partial charge on any atom is 0.416 e. The lowest BCUT2D eigenvalue weighted by Crippen LogP contribution is -2.50. The fourth-order valence-corrected chi connectivity index (χ4v) is 3.30. The Morgan fingerprint density at radius 1 is 0.968 bits per heavy atom. The molecule has 1 saturated heterocycles. The monoisotopic (exact) mass is 438 g/mol. The number of aryl methyl sites for hydroxylation is 1. The number of carbonyl (C=O) groups excluding carboxylic acids is 2. The summed E-state index contributed by atoms with van der Waals surface area (Å²) in [7, 11) is 0. The normalized spacial score (nSPS) is 14.5. The van der Waals surface area contributed by atoms with Crippen molar-refractivity contribution in [2.45, 2.75) is 19.0 Å². The Morgan fingerprint density at radius 2 is 1.65 bits per heavy atom. The molecular formula is C22H22F4N2O3. The molecule has 0 aliphatic carbocycles. The van der Waals surface area contributed by atoms with Gasteiger partial charge in [0.1, 0.15) is 5.82 Å². The summed E-state index contributed by atoms with van der Waals surface area (Å²) in [5.41, 5.74) is 0.528. The van der Waals surface area contributed by atoms with Crippen LogP contribution >= 0.6 is 0 Å². The molecule has 0 bridgehead atoms. The molecule has 0 atom stereocenters. The van der Waals surface area contributed by atoms with E-state index in [-0.39, 0.29) is 24.8 Å². The molecule has 1 amide bonds. The molecule has 0 unspecified atom stereocenters. The molecule has 1 fully saturated rings. The third-order valence-electron chi connectivity index (χ3n) is 5.06. The Balaban J connectivity index is 1.42. The van der Waals surface area contributed by atoms with Crippen LogP contribution in [0.2, 0.25) is 0 Å². The average molecular weight is 438 g/mol. The van der Waals surface area contributed by atoms with Crippen LogP contribution in [0.25, 0.3) is 0 Å². The lowest BCUT2D eigenvalue weighted by atomic mass is 10.1. The Bertz CT molecular complexity index is 908. The molecule has 2 aromatic rings. The van der Waals surface area contributed by atoms with E-state index in [1.54, 1.807) is 23.1 Å². The van der Waals surface area contributed by atoms with Gasteiger partial charge in [-0.2, -0.15) is 13.2 Å². The summed E-state index contributed by atoms with van der Waals surface area (Å²) < 4.78 is 56.6. The molecule has 9 heteroatoms. The third-order valence-corrected chi connectivity index (χ3v) is 5.06. The number of carbonyl (C=O) groups is 2.